The molecule has 6 nitrogen and oxygen atoms in total. The number of rotatable bonds is 5. The number of benzene rings is 1. The van der Waals surface area contributed by atoms with E-state index < -0.39 is 42.0 Å². The maximum absolute atomic E-state index is 13.0. The van der Waals surface area contributed by atoms with E-state index in [2.05, 4.69) is 5.32 Å². The normalized spacial score (nSPS) is 11.6. The molecule has 0 bridgehead atoms. The van der Waals surface area contributed by atoms with E-state index >= 15 is 0 Å². The maximum Gasteiger partial charge on any atom is 0.326 e. The van der Waals surface area contributed by atoms with Gasteiger partial charge >= 0.3 is 5.97 Å². The molecule has 0 aliphatic rings. The van der Waals surface area contributed by atoms with Gasteiger partial charge in [-0.15, -0.1) is 0 Å². The molecule has 0 radical (unpaired) electrons. The molecule has 1 aromatic carbocycles. The molecule has 0 heterocycles. The van der Waals surface area contributed by atoms with Crippen LogP contribution in [0.15, 0.2) is 18.2 Å². The van der Waals surface area contributed by atoms with Crippen molar-refractivity contribution in [1.29, 1.82) is 0 Å². The summed E-state index contributed by atoms with van der Waals surface area (Å²) in [6.07, 6.45) is 0. The molecule has 0 fully saturated rings. The van der Waals surface area contributed by atoms with Gasteiger partial charge in [-0.1, -0.05) is 0 Å². The summed E-state index contributed by atoms with van der Waals surface area (Å²) >= 11 is 0. The number of hydrogen-bond acceptors (Lipinski definition) is 3. The van der Waals surface area contributed by atoms with Gasteiger partial charge in [-0.2, -0.15) is 0 Å². The van der Waals surface area contributed by atoms with Crippen LogP contribution in [0.25, 0.3) is 0 Å². The first-order chi connectivity index (χ1) is 9.73. The van der Waals surface area contributed by atoms with Crippen molar-refractivity contribution in [2.45, 2.75) is 13.0 Å². The molecule has 114 valence electrons. The monoisotopic (exact) mass is 300 g/mol. The Bertz CT molecular complexity index is 577. The fourth-order valence-electron chi connectivity index (χ4n) is 1.40. The van der Waals surface area contributed by atoms with Crippen LogP contribution in [0.5, 0.6) is 0 Å². The zero-order chi connectivity index (χ0) is 16.2. The van der Waals surface area contributed by atoms with E-state index in [1.807, 2.05) is 0 Å². The van der Waals surface area contributed by atoms with Crippen molar-refractivity contribution in [3.8, 4) is 0 Å². The summed E-state index contributed by atoms with van der Waals surface area (Å²) in [5, 5.41) is 11.0. The van der Waals surface area contributed by atoms with Crippen LogP contribution < -0.4 is 5.32 Å². The minimum Gasteiger partial charge on any atom is -0.480 e. The summed E-state index contributed by atoms with van der Waals surface area (Å²) in [7, 11) is 1.28. The number of amides is 2. The minimum absolute atomic E-state index is 0.143. The van der Waals surface area contributed by atoms with Crippen LogP contribution in [-0.2, 0) is 9.59 Å². The Morgan fingerprint density at radius 3 is 2.43 bits per heavy atom. The average Bonchev–Trinajstić information content (AvgIpc) is 2.45. The van der Waals surface area contributed by atoms with Crippen molar-refractivity contribution in [3.63, 3.8) is 0 Å². The zero-order valence-corrected chi connectivity index (χ0v) is 11.4. The number of nitrogens with zero attached hydrogens (tertiary/aromatic N) is 1. The molecule has 1 atom stereocenters. The van der Waals surface area contributed by atoms with Crippen molar-refractivity contribution in [3.05, 3.63) is 35.4 Å². The van der Waals surface area contributed by atoms with E-state index in [9.17, 15) is 23.2 Å². The highest BCUT2D eigenvalue weighted by Gasteiger charge is 2.22. The zero-order valence-electron chi connectivity index (χ0n) is 11.4. The fourth-order valence-corrected chi connectivity index (χ4v) is 1.40. The summed E-state index contributed by atoms with van der Waals surface area (Å²) in [5.41, 5.74) is -0.143. The topological polar surface area (TPSA) is 86.7 Å². The van der Waals surface area contributed by atoms with Crippen molar-refractivity contribution in [2.75, 3.05) is 13.6 Å². The number of halogens is 2. The first-order valence-corrected chi connectivity index (χ1v) is 5.95. The average molecular weight is 300 g/mol. The van der Waals surface area contributed by atoms with Gasteiger partial charge in [-0.05, 0) is 25.1 Å². The number of carbonyl (C=O) groups is 3. The first kappa shape index (κ1) is 16.5. The Balaban J connectivity index is 2.62. The van der Waals surface area contributed by atoms with Crippen LogP contribution >= 0.6 is 0 Å². The van der Waals surface area contributed by atoms with Gasteiger partial charge in [0.05, 0.1) is 6.54 Å². The van der Waals surface area contributed by atoms with Crippen LogP contribution in [0, 0.1) is 11.6 Å². The summed E-state index contributed by atoms with van der Waals surface area (Å²) in [6, 6.07) is 1.53. The van der Waals surface area contributed by atoms with Gasteiger partial charge in [0.15, 0.2) is 11.6 Å². The molecule has 2 amide bonds. The highest BCUT2D eigenvalue weighted by molar-refractivity contribution is 5.96. The van der Waals surface area contributed by atoms with Crippen molar-refractivity contribution >= 4 is 17.8 Å². The SMILES string of the molecule is CC(C(=O)O)N(C)C(=O)CNC(=O)c1ccc(F)c(F)c1. The number of carboxylic acid groups (broad SMARTS) is 1. The molecule has 0 aliphatic heterocycles. The standard InChI is InChI=1S/C13H14F2N2O4/c1-7(13(20)21)17(2)11(18)6-16-12(19)8-3-4-9(14)10(15)5-8/h3-5,7H,6H2,1-2H3,(H,16,19)(H,20,21). The molecule has 0 spiro atoms. The van der Waals surface area contributed by atoms with Crippen LogP contribution in [0.2, 0.25) is 0 Å². The summed E-state index contributed by atoms with van der Waals surface area (Å²) in [6.45, 7) is 0.864. The second-order valence-electron chi connectivity index (χ2n) is 4.33. The van der Waals surface area contributed by atoms with Crippen LogP contribution in [0.3, 0.4) is 0 Å². The lowest BCUT2D eigenvalue weighted by molar-refractivity contribution is -0.147. The summed E-state index contributed by atoms with van der Waals surface area (Å²) in [5.74, 6) is -4.83. The quantitative estimate of drug-likeness (QED) is 0.835. The highest BCUT2D eigenvalue weighted by atomic mass is 19.2. The molecule has 2 N–H and O–H groups in total. The van der Waals surface area contributed by atoms with Gasteiger partial charge in [0.1, 0.15) is 6.04 Å². The van der Waals surface area contributed by atoms with Crippen molar-refractivity contribution < 1.29 is 28.3 Å². The Kier molecular flexibility index (Phi) is 5.34. The van der Waals surface area contributed by atoms with E-state index in [1.165, 1.54) is 14.0 Å². The third-order valence-corrected chi connectivity index (χ3v) is 2.91. The molecule has 21 heavy (non-hydrogen) atoms. The lowest BCUT2D eigenvalue weighted by Gasteiger charge is -2.21. The molecule has 8 heteroatoms. The van der Waals surface area contributed by atoms with Crippen LogP contribution in [-0.4, -0.2) is 47.4 Å². The number of aliphatic carboxylic acids is 1. The molecule has 1 rings (SSSR count). The van der Waals surface area contributed by atoms with Gasteiger partial charge in [0, 0.05) is 12.6 Å². The van der Waals surface area contributed by atoms with Gasteiger partial charge in [-0.25, -0.2) is 13.6 Å². The van der Waals surface area contributed by atoms with E-state index in [0.717, 1.165) is 17.0 Å². The molecular formula is C13H14F2N2O4. The molecule has 0 aliphatic carbocycles. The van der Waals surface area contributed by atoms with Crippen LogP contribution in [0.4, 0.5) is 8.78 Å². The van der Waals surface area contributed by atoms with E-state index in [-0.39, 0.29) is 5.56 Å². The van der Waals surface area contributed by atoms with Gasteiger partial charge in [0.25, 0.3) is 5.91 Å². The second kappa shape index (κ2) is 6.78. The Morgan fingerprint density at radius 1 is 1.29 bits per heavy atom. The predicted molar refractivity (Wildman–Crippen MR) is 68.6 cm³/mol. The number of nitrogens with one attached hydrogen (secondary N) is 1. The Labute approximate surface area is 119 Å². The van der Waals surface area contributed by atoms with E-state index in [4.69, 9.17) is 5.11 Å². The predicted octanol–water partition coefficient (Wildman–Crippen LogP) is 0.626. The van der Waals surface area contributed by atoms with Gasteiger partial charge in [0.2, 0.25) is 5.91 Å². The molecule has 0 aromatic heterocycles. The molecule has 0 saturated heterocycles. The fraction of sp³-hybridized carbons (Fsp3) is 0.308. The Morgan fingerprint density at radius 2 is 1.90 bits per heavy atom. The van der Waals surface area contributed by atoms with Gasteiger partial charge < -0.3 is 15.3 Å². The number of carbonyl (C=O) groups excluding carboxylic acids is 2. The highest BCUT2D eigenvalue weighted by Crippen LogP contribution is 2.08. The maximum atomic E-state index is 13.0. The second-order valence-corrected chi connectivity index (χ2v) is 4.33. The van der Waals surface area contributed by atoms with Crippen molar-refractivity contribution in [2.24, 2.45) is 0 Å². The molecular weight excluding hydrogens is 286 g/mol. The van der Waals surface area contributed by atoms with E-state index in [0.29, 0.717) is 6.07 Å². The van der Waals surface area contributed by atoms with Crippen molar-refractivity contribution in [1.82, 2.24) is 10.2 Å². The van der Waals surface area contributed by atoms with Crippen LogP contribution in [0.1, 0.15) is 17.3 Å². The third-order valence-electron chi connectivity index (χ3n) is 2.91. The Hall–Kier alpha value is -2.51. The largest absolute Gasteiger partial charge is 0.480 e. The summed E-state index contributed by atoms with van der Waals surface area (Å²) < 4.78 is 25.7. The molecule has 0 saturated carbocycles. The smallest absolute Gasteiger partial charge is 0.326 e. The van der Waals surface area contributed by atoms with Gasteiger partial charge in [-0.3, -0.25) is 9.59 Å². The lowest BCUT2D eigenvalue weighted by atomic mass is 10.2. The molecule has 1 aromatic rings. The summed E-state index contributed by atoms with van der Waals surface area (Å²) in [4.78, 5) is 35.0. The number of carboxylic acids is 1. The molecule has 1 unspecified atom stereocenters. The first-order valence-electron chi connectivity index (χ1n) is 5.95. The van der Waals surface area contributed by atoms with E-state index in [1.54, 1.807) is 0 Å². The lowest BCUT2D eigenvalue weighted by Crippen LogP contribution is -2.45. The minimum atomic E-state index is -1.18. The number of hydrogen-bond donors (Lipinski definition) is 2. The third kappa shape index (κ3) is 4.23. The number of likely N-dealkylation sites (N-methyl/N-ethyl adjacent to an activating group) is 1.